The number of benzene rings is 1. The minimum atomic E-state index is -0.332. The molecule has 0 spiro atoms. The third kappa shape index (κ3) is 3.89. The van der Waals surface area contributed by atoms with E-state index < -0.39 is 0 Å². The zero-order valence-corrected chi connectivity index (χ0v) is 16.3. The zero-order chi connectivity index (χ0) is 18.8. The highest BCUT2D eigenvalue weighted by Gasteiger charge is 2.29. The van der Waals surface area contributed by atoms with Crippen LogP contribution in [0.15, 0.2) is 35.3 Å². The fraction of sp³-hybridized carbons (Fsp3) is 0.474. The molecule has 1 aromatic heterocycles. The van der Waals surface area contributed by atoms with Crippen LogP contribution in [0.4, 0.5) is 10.1 Å². The average molecular weight is 398 g/mol. The topological polar surface area (TPSA) is 38.1 Å². The van der Waals surface area contributed by atoms with Gasteiger partial charge in [0.15, 0.2) is 0 Å². The van der Waals surface area contributed by atoms with Crippen LogP contribution in [0.1, 0.15) is 45.6 Å². The molecule has 1 fully saturated rings. The number of hydrogen-bond donors (Lipinski definition) is 0. The summed E-state index contributed by atoms with van der Waals surface area (Å²) in [4.78, 5) is 14.6. The van der Waals surface area contributed by atoms with Crippen molar-refractivity contribution in [2.75, 3.05) is 4.90 Å². The molecule has 1 heterocycles. The molecule has 1 aromatic carbocycles. The summed E-state index contributed by atoms with van der Waals surface area (Å²) in [5.74, 6) is -0.230. The van der Waals surface area contributed by atoms with Crippen molar-refractivity contribution in [3.8, 4) is 0 Å². The summed E-state index contributed by atoms with van der Waals surface area (Å²) in [6.45, 7) is 4.28. The molecule has 7 heteroatoms. The van der Waals surface area contributed by atoms with E-state index in [1.165, 1.54) is 23.0 Å². The number of rotatable bonds is 4. The molecule has 1 aliphatic carbocycles. The number of hydrogen-bond acceptors (Lipinski definition) is 3. The Morgan fingerprint density at radius 1 is 1.15 bits per heavy atom. The second-order valence-corrected chi connectivity index (χ2v) is 7.78. The van der Waals surface area contributed by atoms with Crippen LogP contribution in [0, 0.1) is 5.82 Å². The van der Waals surface area contributed by atoms with Gasteiger partial charge in [0.25, 0.3) is 5.56 Å². The predicted octanol–water partition coefficient (Wildman–Crippen LogP) is 5.09. The molecule has 3 rings (SSSR count). The van der Waals surface area contributed by atoms with Crippen molar-refractivity contribution in [2.24, 2.45) is 0 Å². The summed E-state index contributed by atoms with van der Waals surface area (Å²) in [6.07, 6.45) is 4.94. The first kappa shape index (κ1) is 19.2. The van der Waals surface area contributed by atoms with Gasteiger partial charge in [0.2, 0.25) is 0 Å². The lowest BCUT2D eigenvalue weighted by atomic mass is 9.89. The molecule has 1 aliphatic rings. The van der Waals surface area contributed by atoms with Gasteiger partial charge in [-0.05, 0) is 63.8 Å². The van der Waals surface area contributed by atoms with Gasteiger partial charge in [-0.2, -0.15) is 5.10 Å². The zero-order valence-electron chi connectivity index (χ0n) is 14.8. The first-order valence-electron chi connectivity index (χ1n) is 8.85. The van der Waals surface area contributed by atoms with E-state index in [0.29, 0.717) is 12.1 Å². The van der Waals surface area contributed by atoms with E-state index in [1.807, 2.05) is 12.1 Å². The molecule has 0 atom stereocenters. The normalized spacial score (nSPS) is 20.4. The highest BCUT2D eigenvalue weighted by Crippen LogP contribution is 2.34. The second kappa shape index (κ2) is 7.97. The highest BCUT2D eigenvalue weighted by atomic mass is 35.5. The van der Waals surface area contributed by atoms with Gasteiger partial charge in [0.1, 0.15) is 10.8 Å². The molecule has 0 N–H and O–H groups in total. The Kier molecular flexibility index (Phi) is 5.88. The van der Waals surface area contributed by atoms with Crippen LogP contribution in [0.25, 0.3) is 0 Å². The van der Waals surface area contributed by atoms with Gasteiger partial charge in [-0.25, -0.2) is 9.07 Å². The Balaban J connectivity index is 1.75. The standard InChI is InChI=1S/C19H22Cl2FN3O/c1-12(2)24(14-5-3-13(22)4-6-14)15-7-9-16(10-8-15)25-19(26)18(21)17(20)11-23-25/h3-6,11-12,15-16H,7-10H2,1-2H3. The summed E-state index contributed by atoms with van der Waals surface area (Å²) in [5, 5.41) is 4.38. The SMILES string of the molecule is CC(C)N(c1ccc(F)cc1)C1CCC(n2ncc(Cl)c(Cl)c2=O)CC1. The van der Waals surface area contributed by atoms with E-state index in [0.717, 1.165) is 31.4 Å². The number of aromatic nitrogens is 2. The minimum absolute atomic E-state index is 0.0238. The van der Waals surface area contributed by atoms with Gasteiger partial charge < -0.3 is 4.90 Å². The third-order valence-corrected chi connectivity index (χ3v) is 5.74. The third-order valence-electron chi connectivity index (χ3n) is 4.99. The Morgan fingerprint density at radius 2 is 1.77 bits per heavy atom. The van der Waals surface area contributed by atoms with Crippen LogP contribution in [-0.4, -0.2) is 21.9 Å². The summed E-state index contributed by atoms with van der Waals surface area (Å²) < 4.78 is 14.7. The lowest BCUT2D eigenvalue weighted by Crippen LogP contribution is -2.43. The van der Waals surface area contributed by atoms with Gasteiger partial charge >= 0.3 is 0 Å². The van der Waals surface area contributed by atoms with Crippen molar-refractivity contribution in [3.63, 3.8) is 0 Å². The largest absolute Gasteiger partial charge is 0.366 e. The second-order valence-electron chi connectivity index (χ2n) is 7.00. The van der Waals surface area contributed by atoms with Gasteiger partial charge in [0, 0.05) is 17.8 Å². The molecule has 2 aromatic rings. The summed E-state index contributed by atoms with van der Waals surface area (Å²) in [7, 11) is 0. The van der Waals surface area contributed by atoms with Gasteiger partial charge in [-0.3, -0.25) is 4.79 Å². The first-order chi connectivity index (χ1) is 12.4. The van der Waals surface area contributed by atoms with Crippen LogP contribution in [0.2, 0.25) is 10.0 Å². The molecule has 0 bridgehead atoms. The van der Waals surface area contributed by atoms with E-state index in [9.17, 15) is 9.18 Å². The molecule has 1 saturated carbocycles. The van der Waals surface area contributed by atoms with E-state index in [4.69, 9.17) is 23.2 Å². The molecule has 4 nitrogen and oxygen atoms in total. The number of nitrogens with zero attached hydrogens (tertiary/aromatic N) is 3. The minimum Gasteiger partial charge on any atom is -0.366 e. The Morgan fingerprint density at radius 3 is 2.35 bits per heavy atom. The molecule has 0 saturated heterocycles. The van der Waals surface area contributed by atoms with Crippen molar-refractivity contribution < 1.29 is 4.39 Å². The Hall–Kier alpha value is -1.59. The van der Waals surface area contributed by atoms with Gasteiger partial charge in [-0.1, -0.05) is 23.2 Å². The lowest BCUT2D eigenvalue weighted by Gasteiger charge is -2.41. The first-order valence-corrected chi connectivity index (χ1v) is 9.60. The lowest BCUT2D eigenvalue weighted by molar-refractivity contribution is 0.282. The number of anilines is 1. The van der Waals surface area contributed by atoms with Crippen molar-refractivity contribution in [1.29, 1.82) is 0 Å². The van der Waals surface area contributed by atoms with E-state index in [-0.39, 0.29) is 27.5 Å². The molecule has 0 amide bonds. The smallest absolute Gasteiger partial charge is 0.287 e. The average Bonchev–Trinajstić information content (AvgIpc) is 2.62. The molecular weight excluding hydrogens is 376 g/mol. The maximum atomic E-state index is 13.3. The fourth-order valence-corrected chi connectivity index (χ4v) is 4.07. The Bertz CT molecular complexity index is 815. The molecule has 140 valence electrons. The van der Waals surface area contributed by atoms with Crippen LogP contribution in [0.5, 0.6) is 0 Å². The van der Waals surface area contributed by atoms with Crippen LogP contribution in [-0.2, 0) is 0 Å². The van der Waals surface area contributed by atoms with Crippen LogP contribution >= 0.6 is 23.2 Å². The quantitative estimate of drug-likeness (QED) is 0.720. The molecule has 0 unspecified atom stereocenters. The van der Waals surface area contributed by atoms with Crippen molar-refractivity contribution in [3.05, 3.63) is 56.7 Å². The van der Waals surface area contributed by atoms with E-state index in [2.05, 4.69) is 23.8 Å². The summed E-state index contributed by atoms with van der Waals surface area (Å²) in [5.41, 5.74) is 0.691. The maximum Gasteiger partial charge on any atom is 0.287 e. The summed E-state index contributed by atoms with van der Waals surface area (Å²) >= 11 is 11.8. The number of halogens is 3. The van der Waals surface area contributed by atoms with Crippen LogP contribution < -0.4 is 10.5 Å². The van der Waals surface area contributed by atoms with Gasteiger partial charge in [0.05, 0.1) is 17.3 Å². The van der Waals surface area contributed by atoms with Crippen molar-refractivity contribution in [1.82, 2.24) is 9.78 Å². The van der Waals surface area contributed by atoms with Gasteiger partial charge in [-0.15, -0.1) is 0 Å². The molecule has 0 radical (unpaired) electrons. The molecule has 0 aliphatic heterocycles. The summed E-state index contributed by atoms with van der Waals surface area (Å²) in [6, 6.07) is 7.31. The fourth-order valence-electron chi connectivity index (χ4n) is 3.81. The monoisotopic (exact) mass is 397 g/mol. The molecule has 26 heavy (non-hydrogen) atoms. The predicted molar refractivity (Wildman–Crippen MR) is 104 cm³/mol. The Labute approximate surface area is 162 Å². The molecular formula is C19H22Cl2FN3O. The van der Waals surface area contributed by atoms with E-state index >= 15 is 0 Å². The van der Waals surface area contributed by atoms with Crippen LogP contribution in [0.3, 0.4) is 0 Å². The van der Waals surface area contributed by atoms with Crippen molar-refractivity contribution in [2.45, 2.75) is 57.7 Å². The van der Waals surface area contributed by atoms with E-state index in [1.54, 1.807) is 0 Å². The maximum absolute atomic E-state index is 13.3. The highest BCUT2D eigenvalue weighted by molar-refractivity contribution is 6.41. The van der Waals surface area contributed by atoms with Crippen molar-refractivity contribution >= 4 is 28.9 Å².